The smallest absolute Gasteiger partial charge is 0.237 e. The first-order valence-corrected chi connectivity index (χ1v) is 5.20. The summed E-state index contributed by atoms with van der Waals surface area (Å²) in [4.78, 5) is 22.4. The molecule has 0 aliphatic heterocycles. The van der Waals surface area contributed by atoms with Gasteiger partial charge in [-0.2, -0.15) is 0 Å². The zero-order valence-electron chi connectivity index (χ0n) is 9.32. The van der Waals surface area contributed by atoms with Crippen molar-refractivity contribution in [3.63, 3.8) is 0 Å². The number of aliphatic hydroxyl groups is 1. The molecular formula is C10H20N2O3. The second-order valence-electron chi connectivity index (χ2n) is 3.60. The fraction of sp³-hybridized carbons (Fsp3) is 0.800. The van der Waals surface area contributed by atoms with E-state index in [1.54, 1.807) is 0 Å². The van der Waals surface area contributed by atoms with E-state index in [0.29, 0.717) is 6.42 Å². The van der Waals surface area contributed by atoms with E-state index in [4.69, 9.17) is 10.8 Å². The lowest BCUT2D eigenvalue weighted by Crippen LogP contribution is -2.49. The maximum atomic E-state index is 11.4. The van der Waals surface area contributed by atoms with E-state index in [0.717, 1.165) is 12.8 Å². The maximum absolute atomic E-state index is 11.4. The summed E-state index contributed by atoms with van der Waals surface area (Å²) in [5.41, 5.74) is 5.60. The van der Waals surface area contributed by atoms with Crippen molar-refractivity contribution in [1.29, 1.82) is 0 Å². The van der Waals surface area contributed by atoms with Gasteiger partial charge in [0.05, 0.1) is 12.6 Å². The number of hydrogen-bond acceptors (Lipinski definition) is 4. The predicted octanol–water partition coefficient (Wildman–Crippen LogP) is -0.430. The second-order valence-corrected chi connectivity index (χ2v) is 3.60. The molecule has 15 heavy (non-hydrogen) atoms. The lowest BCUT2D eigenvalue weighted by molar-refractivity contribution is -0.128. The van der Waals surface area contributed by atoms with Gasteiger partial charge in [-0.15, -0.1) is 0 Å². The average molecular weight is 216 g/mol. The number of Topliss-reactive ketones (excluding diaryl/α,β-unsaturated/α-hetero) is 1. The first-order chi connectivity index (χ1) is 7.02. The Morgan fingerprint density at radius 1 is 1.47 bits per heavy atom. The molecule has 5 heteroatoms. The highest BCUT2D eigenvalue weighted by Gasteiger charge is 2.19. The predicted molar refractivity (Wildman–Crippen MR) is 57.2 cm³/mol. The molecule has 0 rings (SSSR count). The van der Waals surface area contributed by atoms with Crippen LogP contribution in [0.2, 0.25) is 0 Å². The van der Waals surface area contributed by atoms with Crippen LogP contribution in [0, 0.1) is 0 Å². The zero-order chi connectivity index (χ0) is 11.8. The molecule has 88 valence electrons. The summed E-state index contributed by atoms with van der Waals surface area (Å²) >= 11 is 0. The average Bonchev–Trinajstić information content (AvgIpc) is 2.21. The number of aliphatic hydroxyl groups excluding tert-OH is 1. The fourth-order valence-electron chi connectivity index (χ4n) is 1.11. The van der Waals surface area contributed by atoms with Crippen molar-refractivity contribution in [2.45, 2.75) is 45.2 Å². The Morgan fingerprint density at radius 3 is 2.47 bits per heavy atom. The van der Waals surface area contributed by atoms with Gasteiger partial charge in [-0.05, 0) is 13.3 Å². The van der Waals surface area contributed by atoms with Gasteiger partial charge in [0.2, 0.25) is 5.91 Å². The number of nitrogens with one attached hydrogen (secondary N) is 1. The van der Waals surface area contributed by atoms with E-state index in [1.807, 2.05) is 6.92 Å². The normalized spacial score (nSPS) is 14.4. The van der Waals surface area contributed by atoms with Crippen LogP contribution >= 0.6 is 0 Å². The van der Waals surface area contributed by atoms with Crippen molar-refractivity contribution in [2.75, 3.05) is 6.61 Å². The van der Waals surface area contributed by atoms with E-state index in [2.05, 4.69) is 5.32 Å². The van der Waals surface area contributed by atoms with Gasteiger partial charge in [0.15, 0.2) is 5.78 Å². The third-order valence-electron chi connectivity index (χ3n) is 2.20. The molecule has 0 spiro atoms. The number of amides is 1. The van der Waals surface area contributed by atoms with Crippen molar-refractivity contribution in [3.05, 3.63) is 0 Å². The summed E-state index contributed by atoms with van der Waals surface area (Å²) in [6.45, 7) is 2.94. The first kappa shape index (κ1) is 14.1. The molecule has 5 nitrogen and oxygen atoms in total. The van der Waals surface area contributed by atoms with Crippen LogP contribution in [0.4, 0.5) is 0 Å². The van der Waals surface area contributed by atoms with E-state index < -0.39 is 12.1 Å². The van der Waals surface area contributed by atoms with E-state index in [-0.39, 0.29) is 18.3 Å². The van der Waals surface area contributed by atoms with Crippen LogP contribution in [-0.2, 0) is 9.59 Å². The van der Waals surface area contributed by atoms with Crippen molar-refractivity contribution in [2.24, 2.45) is 5.73 Å². The quantitative estimate of drug-likeness (QED) is 0.538. The summed E-state index contributed by atoms with van der Waals surface area (Å²) in [5.74, 6) is -0.647. The second kappa shape index (κ2) is 7.36. The summed E-state index contributed by atoms with van der Waals surface area (Å²) in [5, 5.41) is 11.2. The van der Waals surface area contributed by atoms with Gasteiger partial charge in [-0.25, -0.2) is 0 Å². The van der Waals surface area contributed by atoms with Crippen molar-refractivity contribution < 1.29 is 14.7 Å². The number of ketones is 1. The van der Waals surface area contributed by atoms with Gasteiger partial charge in [0, 0.05) is 0 Å². The molecule has 0 radical (unpaired) electrons. The molecule has 0 aliphatic rings. The Bertz CT molecular complexity index is 219. The summed E-state index contributed by atoms with van der Waals surface area (Å²) < 4.78 is 0. The molecule has 4 N–H and O–H groups in total. The number of hydrogen-bond donors (Lipinski definition) is 3. The molecule has 0 saturated heterocycles. The minimum Gasteiger partial charge on any atom is -0.394 e. The minimum absolute atomic E-state index is 0.270. The summed E-state index contributed by atoms with van der Waals surface area (Å²) in [6.07, 6.45) is 2.44. The molecule has 0 aliphatic carbocycles. The minimum atomic E-state index is -0.829. The van der Waals surface area contributed by atoms with Crippen LogP contribution in [0.25, 0.3) is 0 Å². The number of unbranched alkanes of at least 4 members (excludes halogenated alkanes) is 1. The molecular weight excluding hydrogens is 196 g/mol. The topological polar surface area (TPSA) is 92.4 Å². The molecule has 0 aromatic carbocycles. The lowest BCUT2D eigenvalue weighted by atomic mass is 10.1. The highest BCUT2D eigenvalue weighted by Crippen LogP contribution is 1.98. The molecule has 0 heterocycles. The zero-order valence-corrected chi connectivity index (χ0v) is 9.32. The van der Waals surface area contributed by atoms with Crippen LogP contribution < -0.4 is 11.1 Å². The maximum Gasteiger partial charge on any atom is 0.237 e. The SMILES string of the molecule is CCCCC(N)C(=O)NC(CO)C(C)=O. The molecule has 0 fully saturated rings. The Balaban J connectivity index is 4.04. The summed E-state index contributed by atoms with van der Waals surface area (Å²) in [7, 11) is 0. The molecule has 1 amide bonds. The number of carbonyl (C=O) groups is 2. The van der Waals surface area contributed by atoms with Crippen LogP contribution in [-0.4, -0.2) is 35.5 Å². The molecule has 0 aromatic rings. The number of rotatable bonds is 7. The lowest BCUT2D eigenvalue weighted by Gasteiger charge is -2.16. The largest absolute Gasteiger partial charge is 0.394 e. The van der Waals surface area contributed by atoms with Crippen molar-refractivity contribution in [1.82, 2.24) is 5.32 Å². The molecule has 0 saturated carbocycles. The standard InChI is InChI=1S/C10H20N2O3/c1-3-4-5-8(11)10(15)12-9(6-13)7(2)14/h8-9,13H,3-6,11H2,1-2H3,(H,12,15). The van der Waals surface area contributed by atoms with Gasteiger partial charge in [-0.1, -0.05) is 19.8 Å². The number of nitrogens with two attached hydrogens (primary N) is 1. The third kappa shape index (κ3) is 5.49. The Hall–Kier alpha value is -0.940. The van der Waals surface area contributed by atoms with Crippen LogP contribution in [0.3, 0.4) is 0 Å². The highest BCUT2D eigenvalue weighted by molar-refractivity contribution is 5.89. The van der Waals surface area contributed by atoms with Gasteiger partial charge in [0.25, 0.3) is 0 Å². The Kier molecular flexibility index (Phi) is 6.90. The van der Waals surface area contributed by atoms with E-state index in [1.165, 1.54) is 6.92 Å². The summed E-state index contributed by atoms with van der Waals surface area (Å²) in [6, 6.07) is -1.43. The van der Waals surface area contributed by atoms with E-state index in [9.17, 15) is 9.59 Å². The Labute approximate surface area is 90.0 Å². The van der Waals surface area contributed by atoms with Crippen molar-refractivity contribution >= 4 is 11.7 Å². The molecule has 2 unspecified atom stereocenters. The van der Waals surface area contributed by atoms with Gasteiger partial charge in [0.1, 0.15) is 6.04 Å². The fourth-order valence-corrected chi connectivity index (χ4v) is 1.11. The van der Waals surface area contributed by atoms with Gasteiger partial charge < -0.3 is 16.2 Å². The van der Waals surface area contributed by atoms with Gasteiger partial charge in [-0.3, -0.25) is 9.59 Å². The molecule has 0 aromatic heterocycles. The van der Waals surface area contributed by atoms with Crippen LogP contribution in [0.15, 0.2) is 0 Å². The van der Waals surface area contributed by atoms with Crippen molar-refractivity contribution in [3.8, 4) is 0 Å². The van der Waals surface area contributed by atoms with E-state index >= 15 is 0 Å². The van der Waals surface area contributed by atoms with Gasteiger partial charge >= 0.3 is 0 Å². The number of carbonyl (C=O) groups excluding carboxylic acids is 2. The molecule has 2 atom stereocenters. The van der Waals surface area contributed by atoms with Crippen LogP contribution in [0.1, 0.15) is 33.1 Å². The monoisotopic (exact) mass is 216 g/mol. The Morgan fingerprint density at radius 2 is 2.07 bits per heavy atom. The molecule has 0 bridgehead atoms. The van der Waals surface area contributed by atoms with Crippen LogP contribution in [0.5, 0.6) is 0 Å². The first-order valence-electron chi connectivity index (χ1n) is 5.20. The third-order valence-corrected chi connectivity index (χ3v) is 2.20. The highest BCUT2D eigenvalue weighted by atomic mass is 16.3.